The van der Waals surface area contributed by atoms with Crippen LogP contribution < -0.4 is 20.1 Å². The van der Waals surface area contributed by atoms with Crippen LogP contribution in [0.2, 0.25) is 0 Å². The molecule has 0 aliphatic carbocycles. The van der Waals surface area contributed by atoms with Crippen molar-refractivity contribution in [2.24, 2.45) is 0 Å². The van der Waals surface area contributed by atoms with Crippen LogP contribution in [0.25, 0.3) is 0 Å². The normalized spacial score (nSPS) is 18.9. The Morgan fingerprint density at radius 2 is 2.00 bits per heavy atom. The first-order valence-corrected chi connectivity index (χ1v) is 7.45. The first-order chi connectivity index (χ1) is 10.4. The predicted octanol–water partition coefficient (Wildman–Crippen LogP) is 2.50. The molecule has 130 valence electrons. The summed E-state index contributed by atoms with van der Waals surface area (Å²) in [5.74, 6) is -2.19. The topological polar surface area (TPSA) is 59.6 Å². The Morgan fingerprint density at radius 3 is 2.52 bits per heavy atom. The lowest BCUT2D eigenvalue weighted by Gasteiger charge is -2.14. The van der Waals surface area contributed by atoms with Gasteiger partial charge in [-0.2, -0.15) is 0 Å². The Hall–Kier alpha value is -1.12. The van der Waals surface area contributed by atoms with Crippen LogP contribution in [0.15, 0.2) is 16.6 Å². The molecule has 2 rings (SSSR count). The van der Waals surface area contributed by atoms with Crippen LogP contribution in [0.5, 0.6) is 11.5 Å². The van der Waals surface area contributed by atoms with Gasteiger partial charge >= 0.3 is 0 Å². The van der Waals surface area contributed by atoms with Crippen molar-refractivity contribution in [3.8, 4) is 11.5 Å². The Morgan fingerprint density at radius 1 is 1.39 bits per heavy atom. The molecule has 1 amide bonds. The van der Waals surface area contributed by atoms with E-state index >= 15 is 0 Å². The van der Waals surface area contributed by atoms with Crippen molar-refractivity contribution < 1.29 is 23.0 Å². The van der Waals surface area contributed by atoms with Gasteiger partial charge in [-0.15, -0.1) is 12.4 Å². The summed E-state index contributed by atoms with van der Waals surface area (Å²) in [6.07, 6.45) is -0.480. The van der Waals surface area contributed by atoms with Crippen LogP contribution >= 0.6 is 28.3 Å². The number of hydrogen-bond donors (Lipinski definition) is 2. The molecule has 1 aromatic carbocycles. The minimum absolute atomic E-state index is 0. The summed E-state index contributed by atoms with van der Waals surface area (Å²) < 4.78 is 37.3. The molecule has 1 unspecified atom stereocenters. The van der Waals surface area contributed by atoms with Crippen molar-refractivity contribution in [1.29, 1.82) is 0 Å². The van der Waals surface area contributed by atoms with E-state index in [2.05, 4.69) is 26.6 Å². The maximum absolute atomic E-state index is 13.1. The zero-order valence-electron chi connectivity index (χ0n) is 12.6. The average molecular weight is 416 g/mol. The summed E-state index contributed by atoms with van der Waals surface area (Å²) in [4.78, 5) is 11.9. The fourth-order valence-corrected chi connectivity index (χ4v) is 2.70. The highest BCUT2D eigenvalue weighted by Crippen LogP contribution is 2.33. The number of rotatable bonds is 5. The molecule has 1 aromatic rings. The van der Waals surface area contributed by atoms with E-state index in [0.717, 1.165) is 10.0 Å². The highest BCUT2D eigenvalue weighted by Gasteiger charge is 2.42. The third kappa shape index (κ3) is 4.92. The zero-order chi connectivity index (χ0) is 16.3. The minimum atomic E-state index is -2.83. The van der Waals surface area contributed by atoms with Crippen LogP contribution in [-0.2, 0) is 11.3 Å². The van der Waals surface area contributed by atoms with Gasteiger partial charge in [0.25, 0.3) is 5.92 Å². The standard InChI is InChI=1S/C14H17BrF2N2O3.ClH/c1-21-11-3-8(9(15)4-12(11)22-2)6-18-13(20)10-5-14(16,17)7-19-10;/h3-4,10,19H,5-7H2,1-2H3,(H,18,20);1H. The molecule has 9 heteroatoms. The molecule has 23 heavy (non-hydrogen) atoms. The number of alkyl halides is 2. The van der Waals surface area contributed by atoms with Crippen LogP contribution in [0, 0.1) is 0 Å². The second-order valence-electron chi connectivity index (χ2n) is 5.01. The van der Waals surface area contributed by atoms with E-state index in [1.54, 1.807) is 12.1 Å². The highest BCUT2D eigenvalue weighted by molar-refractivity contribution is 9.10. The molecule has 1 aliphatic heterocycles. The fraction of sp³-hybridized carbons (Fsp3) is 0.500. The molecule has 2 N–H and O–H groups in total. The third-order valence-electron chi connectivity index (χ3n) is 3.43. The van der Waals surface area contributed by atoms with Gasteiger partial charge in [-0.05, 0) is 17.7 Å². The molecule has 0 saturated carbocycles. The lowest BCUT2D eigenvalue weighted by molar-refractivity contribution is -0.123. The van der Waals surface area contributed by atoms with E-state index in [1.807, 2.05) is 0 Å². The molecule has 1 heterocycles. The first-order valence-electron chi connectivity index (χ1n) is 6.65. The van der Waals surface area contributed by atoms with Crippen LogP contribution in [0.4, 0.5) is 8.78 Å². The SMILES string of the molecule is COc1cc(Br)c(CNC(=O)C2CC(F)(F)CN2)cc1OC.Cl. The number of benzene rings is 1. The van der Waals surface area contributed by atoms with Gasteiger partial charge in [-0.25, -0.2) is 8.78 Å². The number of methoxy groups -OCH3 is 2. The molecule has 0 aromatic heterocycles. The van der Waals surface area contributed by atoms with E-state index in [1.165, 1.54) is 14.2 Å². The smallest absolute Gasteiger partial charge is 0.262 e. The van der Waals surface area contributed by atoms with Gasteiger partial charge < -0.3 is 14.8 Å². The molecule has 1 aliphatic rings. The van der Waals surface area contributed by atoms with Gasteiger partial charge in [0.05, 0.1) is 26.8 Å². The second-order valence-corrected chi connectivity index (χ2v) is 5.86. The number of amides is 1. The Bertz CT molecular complexity index is 575. The maximum atomic E-state index is 13.1. The van der Waals surface area contributed by atoms with Crippen LogP contribution in [-0.4, -0.2) is 38.6 Å². The molecule has 5 nitrogen and oxygen atoms in total. The lowest BCUT2D eigenvalue weighted by atomic mass is 10.1. The van der Waals surface area contributed by atoms with Gasteiger partial charge in [0, 0.05) is 17.4 Å². The first kappa shape index (κ1) is 19.9. The second kappa shape index (κ2) is 8.12. The zero-order valence-corrected chi connectivity index (χ0v) is 15.0. The summed E-state index contributed by atoms with van der Waals surface area (Å²) in [6.45, 7) is -0.269. The maximum Gasteiger partial charge on any atom is 0.262 e. The number of carbonyl (C=O) groups excluding carboxylic acids is 1. The molecular formula is C14H18BrClF2N2O3. The molecule has 1 fully saturated rings. The van der Waals surface area contributed by atoms with Gasteiger partial charge in [0.1, 0.15) is 0 Å². The van der Waals surface area contributed by atoms with Crippen molar-refractivity contribution in [3.05, 3.63) is 22.2 Å². The van der Waals surface area contributed by atoms with E-state index in [0.29, 0.717) is 11.5 Å². The summed E-state index contributed by atoms with van der Waals surface area (Å²) in [5, 5.41) is 5.17. The summed E-state index contributed by atoms with van der Waals surface area (Å²) in [5.41, 5.74) is 0.760. The average Bonchev–Trinajstić information content (AvgIpc) is 2.85. The van der Waals surface area contributed by atoms with Crippen molar-refractivity contribution in [1.82, 2.24) is 10.6 Å². The van der Waals surface area contributed by atoms with Gasteiger partial charge in [-0.3, -0.25) is 10.1 Å². The molecule has 1 saturated heterocycles. The number of carbonyl (C=O) groups is 1. The summed E-state index contributed by atoms with van der Waals surface area (Å²) >= 11 is 3.38. The number of ether oxygens (including phenoxy) is 2. The van der Waals surface area contributed by atoms with Crippen molar-refractivity contribution in [3.63, 3.8) is 0 Å². The highest BCUT2D eigenvalue weighted by atomic mass is 79.9. The van der Waals surface area contributed by atoms with E-state index in [-0.39, 0.29) is 19.0 Å². The monoisotopic (exact) mass is 414 g/mol. The van der Waals surface area contributed by atoms with Crippen LogP contribution in [0.3, 0.4) is 0 Å². The number of nitrogens with one attached hydrogen (secondary N) is 2. The molecule has 0 radical (unpaired) electrons. The van der Waals surface area contributed by atoms with E-state index in [9.17, 15) is 13.6 Å². The Balaban J connectivity index is 0.00000264. The minimum Gasteiger partial charge on any atom is -0.493 e. The Kier molecular flexibility index (Phi) is 7.03. The quantitative estimate of drug-likeness (QED) is 0.776. The largest absolute Gasteiger partial charge is 0.493 e. The van der Waals surface area contributed by atoms with E-state index < -0.39 is 30.8 Å². The van der Waals surface area contributed by atoms with Gasteiger partial charge in [-0.1, -0.05) is 15.9 Å². The van der Waals surface area contributed by atoms with Crippen LogP contribution in [0.1, 0.15) is 12.0 Å². The van der Waals surface area contributed by atoms with Crippen molar-refractivity contribution in [2.75, 3.05) is 20.8 Å². The summed E-state index contributed by atoms with van der Waals surface area (Å²) in [6, 6.07) is 2.58. The van der Waals surface area contributed by atoms with Crippen molar-refractivity contribution >= 4 is 34.2 Å². The molecule has 0 bridgehead atoms. The van der Waals surface area contributed by atoms with E-state index in [4.69, 9.17) is 9.47 Å². The number of hydrogen-bond acceptors (Lipinski definition) is 4. The number of halogens is 4. The Labute approximate surface area is 147 Å². The fourth-order valence-electron chi connectivity index (χ4n) is 2.24. The molecular weight excluding hydrogens is 398 g/mol. The molecule has 0 spiro atoms. The van der Waals surface area contributed by atoms with Gasteiger partial charge in [0.15, 0.2) is 11.5 Å². The van der Waals surface area contributed by atoms with Crippen molar-refractivity contribution in [2.45, 2.75) is 24.9 Å². The lowest BCUT2D eigenvalue weighted by Crippen LogP contribution is -2.40. The third-order valence-corrected chi connectivity index (χ3v) is 4.17. The van der Waals surface area contributed by atoms with Gasteiger partial charge in [0.2, 0.25) is 5.91 Å². The molecule has 1 atom stereocenters. The predicted molar refractivity (Wildman–Crippen MR) is 87.7 cm³/mol. The summed E-state index contributed by atoms with van der Waals surface area (Å²) in [7, 11) is 3.04.